The fourth-order valence-electron chi connectivity index (χ4n) is 4.45. The van der Waals surface area contributed by atoms with Crippen molar-refractivity contribution in [2.75, 3.05) is 0 Å². The van der Waals surface area contributed by atoms with Crippen molar-refractivity contribution < 1.29 is 5.11 Å². The molecule has 0 saturated heterocycles. The van der Waals surface area contributed by atoms with E-state index in [1.54, 1.807) is 0 Å². The average molecular weight is 397 g/mol. The second-order valence-corrected chi connectivity index (χ2v) is 7.63. The van der Waals surface area contributed by atoms with Crippen LogP contribution in [0.4, 0.5) is 0 Å². The molecule has 0 spiro atoms. The highest BCUT2D eigenvalue weighted by molar-refractivity contribution is 5.56. The van der Waals surface area contributed by atoms with E-state index in [0.29, 0.717) is 0 Å². The Kier molecular flexibility index (Phi) is 7.14. The van der Waals surface area contributed by atoms with Crippen LogP contribution < -0.4 is 0 Å². The minimum absolute atomic E-state index is 0.816. The fourth-order valence-corrected chi connectivity index (χ4v) is 4.45. The van der Waals surface area contributed by atoms with Crippen molar-refractivity contribution in [1.82, 2.24) is 0 Å². The molecule has 0 bridgehead atoms. The quantitative estimate of drug-likeness (QED) is 0.490. The van der Waals surface area contributed by atoms with Crippen molar-refractivity contribution >= 4 is 0 Å². The Hall–Kier alpha value is -2.82. The molecule has 0 aliphatic carbocycles. The van der Waals surface area contributed by atoms with E-state index in [2.05, 4.69) is 45.6 Å². The summed E-state index contributed by atoms with van der Waals surface area (Å²) in [6, 6.07) is 22.0. The Labute approximate surface area is 181 Å². The summed E-state index contributed by atoms with van der Waals surface area (Å²) in [7, 11) is 0. The summed E-state index contributed by atoms with van der Waals surface area (Å²) in [5, 5.41) is 12.2. The van der Waals surface area contributed by atoms with Crippen molar-refractivity contribution in [2.24, 2.45) is 0 Å². The third-order valence-electron chi connectivity index (χ3n) is 5.94. The maximum absolute atomic E-state index is 12.2. The van der Waals surface area contributed by atoms with Gasteiger partial charge in [0.2, 0.25) is 0 Å². The molecule has 154 valence electrons. The highest BCUT2D eigenvalue weighted by atomic mass is 16.3. The van der Waals surface area contributed by atoms with Gasteiger partial charge in [0.1, 0.15) is 0 Å². The largest absolute Gasteiger partial charge is 0.369 e. The van der Waals surface area contributed by atoms with Crippen LogP contribution in [-0.4, -0.2) is 5.11 Å². The summed E-state index contributed by atoms with van der Waals surface area (Å²) in [5.41, 5.74) is 6.67. The molecule has 0 saturated carbocycles. The molecule has 0 amide bonds. The number of hydrogen-bond donors (Lipinski definition) is 1. The molecule has 0 radical (unpaired) electrons. The van der Waals surface area contributed by atoms with Gasteiger partial charge in [-0.05, 0) is 60.1 Å². The lowest BCUT2D eigenvalue weighted by molar-refractivity contribution is 0.144. The topological polar surface area (TPSA) is 20.2 Å². The SMILES string of the molecule is CCc1cc(C(O)(C#Cc2ccccc2)c2ccccc2)c(CC)c(CC)c1CC. The maximum Gasteiger partial charge on any atom is 0.177 e. The Balaban J connectivity index is 2.34. The second kappa shape index (κ2) is 9.79. The van der Waals surface area contributed by atoms with E-state index in [1.807, 2.05) is 60.7 Å². The van der Waals surface area contributed by atoms with Crippen molar-refractivity contribution in [2.45, 2.75) is 59.0 Å². The molecule has 1 N–H and O–H groups in total. The van der Waals surface area contributed by atoms with Crippen LogP contribution in [-0.2, 0) is 31.3 Å². The molecular formula is C29H32O. The summed E-state index contributed by atoms with van der Waals surface area (Å²) in [5.74, 6) is 6.50. The molecule has 3 aromatic carbocycles. The normalized spacial score (nSPS) is 12.7. The number of aryl methyl sites for hydroxylation is 1. The van der Waals surface area contributed by atoms with Crippen molar-refractivity contribution in [1.29, 1.82) is 0 Å². The van der Waals surface area contributed by atoms with E-state index < -0.39 is 5.60 Å². The fraction of sp³-hybridized carbons (Fsp3) is 0.310. The van der Waals surface area contributed by atoms with Crippen LogP contribution in [0.2, 0.25) is 0 Å². The van der Waals surface area contributed by atoms with Gasteiger partial charge in [-0.25, -0.2) is 0 Å². The zero-order chi connectivity index (χ0) is 21.6. The zero-order valence-electron chi connectivity index (χ0n) is 18.6. The number of hydrogen-bond acceptors (Lipinski definition) is 1. The Morgan fingerprint density at radius 1 is 0.700 bits per heavy atom. The molecule has 1 atom stereocenters. The highest BCUT2D eigenvalue weighted by Crippen LogP contribution is 2.37. The molecule has 1 unspecified atom stereocenters. The number of aliphatic hydroxyl groups is 1. The van der Waals surface area contributed by atoms with Gasteiger partial charge in [0.15, 0.2) is 5.60 Å². The second-order valence-electron chi connectivity index (χ2n) is 7.63. The zero-order valence-corrected chi connectivity index (χ0v) is 18.6. The van der Waals surface area contributed by atoms with Crippen LogP contribution in [0.3, 0.4) is 0 Å². The van der Waals surface area contributed by atoms with E-state index in [9.17, 15) is 5.11 Å². The Bertz CT molecular complexity index is 1040. The monoisotopic (exact) mass is 396 g/mol. The van der Waals surface area contributed by atoms with Gasteiger partial charge in [-0.3, -0.25) is 0 Å². The van der Waals surface area contributed by atoms with E-state index in [1.165, 1.54) is 22.3 Å². The molecule has 0 heterocycles. The van der Waals surface area contributed by atoms with Gasteiger partial charge in [-0.1, -0.05) is 94.1 Å². The van der Waals surface area contributed by atoms with Gasteiger partial charge in [0.25, 0.3) is 0 Å². The highest BCUT2D eigenvalue weighted by Gasteiger charge is 2.33. The predicted octanol–water partition coefficient (Wildman–Crippen LogP) is 6.22. The van der Waals surface area contributed by atoms with E-state index in [4.69, 9.17) is 0 Å². The Morgan fingerprint density at radius 2 is 1.27 bits per heavy atom. The van der Waals surface area contributed by atoms with E-state index in [-0.39, 0.29) is 0 Å². The first-order valence-corrected chi connectivity index (χ1v) is 11.1. The number of benzene rings is 3. The first-order chi connectivity index (χ1) is 14.6. The summed E-state index contributed by atoms with van der Waals surface area (Å²) in [4.78, 5) is 0. The van der Waals surface area contributed by atoms with Gasteiger partial charge < -0.3 is 5.11 Å². The lowest BCUT2D eigenvalue weighted by Crippen LogP contribution is -2.28. The molecule has 1 nitrogen and oxygen atoms in total. The van der Waals surface area contributed by atoms with Crippen LogP contribution >= 0.6 is 0 Å². The molecule has 30 heavy (non-hydrogen) atoms. The summed E-state index contributed by atoms with van der Waals surface area (Å²) < 4.78 is 0. The minimum atomic E-state index is -1.36. The summed E-state index contributed by atoms with van der Waals surface area (Å²) in [6.45, 7) is 8.82. The van der Waals surface area contributed by atoms with Gasteiger partial charge in [0.05, 0.1) is 0 Å². The summed E-state index contributed by atoms with van der Waals surface area (Å²) in [6.07, 6.45) is 3.80. The predicted molar refractivity (Wildman–Crippen MR) is 127 cm³/mol. The van der Waals surface area contributed by atoms with Gasteiger partial charge in [0, 0.05) is 16.7 Å². The molecule has 0 aromatic heterocycles. The van der Waals surface area contributed by atoms with Gasteiger partial charge in [-0.15, -0.1) is 0 Å². The third kappa shape index (κ3) is 4.20. The minimum Gasteiger partial charge on any atom is -0.369 e. The van der Waals surface area contributed by atoms with Crippen LogP contribution in [0, 0.1) is 11.8 Å². The Morgan fingerprint density at radius 3 is 1.80 bits per heavy atom. The maximum atomic E-state index is 12.2. The smallest absolute Gasteiger partial charge is 0.177 e. The van der Waals surface area contributed by atoms with Gasteiger partial charge >= 0.3 is 0 Å². The van der Waals surface area contributed by atoms with Gasteiger partial charge in [-0.2, -0.15) is 0 Å². The molecule has 0 aliphatic rings. The molecule has 3 rings (SSSR count). The first kappa shape index (κ1) is 21.9. The van der Waals surface area contributed by atoms with Crippen LogP contribution in [0.1, 0.15) is 66.6 Å². The first-order valence-electron chi connectivity index (χ1n) is 11.1. The summed E-state index contributed by atoms with van der Waals surface area (Å²) >= 11 is 0. The van der Waals surface area contributed by atoms with Crippen molar-refractivity contribution in [3.8, 4) is 11.8 Å². The number of rotatable bonds is 6. The average Bonchev–Trinajstić information content (AvgIpc) is 2.82. The molecule has 3 aromatic rings. The van der Waals surface area contributed by atoms with Crippen LogP contribution in [0.5, 0.6) is 0 Å². The van der Waals surface area contributed by atoms with E-state index >= 15 is 0 Å². The molecule has 0 aliphatic heterocycles. The molecule has 1 heteroatoms. The lowest BCUT2D eigenvalue weighted by atomic mass is 9.77. The van der Waals surface area contributed by atoms with Crippen LogP contribution in [0.25, 0.3) is 0 Å². The van der Waals surface area contributed by atoms with E-state index in [0.717, 1.165) is 42.4 Å². The third-order valence-corrected chi connectivity index (χ3v) is 5.94. The van der Waals surface area contributed by atoms with Crippen molar-refractivity contribution in [3.05, 3.63) is 106 Å². The molecular weight excluding hydrogens is 364 g/mol. The van der Waals surface area contributed by atoms with Crippen molar-refractivity contribution in [3.63, 3.8) is 0 Å². The standard InChI is InChI=1S/C29H32O/c1-5-23-21-28(27(8-4)26(7-3)25(23)6-2)29(30,24-17-13-10-14-18-24)20-19-22-15-11-9-12-16-22/h9-18,21,30H,5-8H2,1-4H3. The van der Waals surface area contributed by atoms with Crippen LogP contribution in [0.15, 0.2) is 66.7 Å². The lowest BCUT2D eigenvalue weighted by Gasteiger charge is -2.30. The molecule has 0 fully saturated rings.